The number of esters is 1. The van der Waals surface area contributed by atoms with Crippen LogP contribution in [0.15, 0.2) is 54.6 Å². The number of phenolic OH excluding ortho intramolecular Hbond substituents is 1. The molecule has 4 nitrogen and oxygen atoms in total. The van der Waals surface area contributed by atoms with E-state index in [0.717, 1.165) is 5.56 Å². The lowest BCUT2D eigenvalue weighted by atomic mass is 10.1. The Morgan fingerprint density at radius 1 is 1.09 bits per heavy atom. The maximum atomic E-state index is 12.2. The fourth-order valence-electron chi connectivity index (χ4n) is 2.24. The summed E-state index contributed by atoms with van der Waals surface area (Å²) in [6.07, 6.45) is 0.258. The molecule has 2 aromatic rings. The Morgan fingerprint density at radius 3 is 2.35 bits per heavy atom. The predicted octanol–water partition coefficient (Wildman–Crippen LogP) is 3.72. The van der Waals surface area contributed by atoms with Gasteiger partial charge in [0.2, 0.25) is 0 Å². The molecular formula is C19H22O4. The predicted molar refractivity (Wildman–Crippen MR) is 88.5 cm³/mol. The summed E-state index contributed by atoms with van der Waals surface area (Å²) in [5, 5.41) is 9.28. The van der Waals surface area contributed by atoms with Crippen LogP contribution in [0, 0.1) is 0 Å². The van der Waals surface area contributed by atoms with Gasteiger partial charge in [-0.3, -0.25) is 0 Å². The highest BCUT2D eigenvalue weighted by atomic mass is 16.6. The first-order chi connectivity index (χ1) is 11.1. The number of hydrogen-bond acceptors (Lipinski definition) is 4. The van der Waals surface area contributed by atoms with Crippen molar-refractivity contribution in [3.05, 3.63) is 60.2 Å². The average molecular weight is 314 g/mol. The van der Waals surface area contributed by atoms with E-state index in [9.17, 15) is 9.90 Å². The van der Waals surface area contributed by atoms with Gasteiger partial charge in [-0.2, -0.15) is 0 Å². The van der Waals surface area contributed by atoms with Gasteiger partial charge in [-0.15, -0.1) is 0 Å². The van der Waals surface area contributed by atoms with Gasteiger partial charge >= 0.3 is 5.97 Å². The van der Waals surface area contributed by atoms with Crippen molar-refractivity contribution in [3.63, 3.8) is 0 Å². The second kappa shape index (κ2) is 8.22. The van der Waals surface area contributed by atoms with Crippen LogP contribution in [-0.2, 0) is 16.0 Å². The number of aromatic hydroxyl groups is 1. The second-order valence-electron chi connectivity index (χ2n) is 5.45. The molecule has 2 rings (SSSR count). The van der Waals surface area contributed by atoms with Crippen LogP contribution in [0.3, 0.4) is 0 Å². The molecule has 122 valence electrons. The van der Waals surface area contributed by atoms with Crippen molar-refractivity contribution in [2.24, 2.45) is 0 Å². The van der Waals surface area contributed by atoms with Gasteiger partial charge in [0, 0.05) is 6.42 Å². The molecule has 0 aliphatic heterocycles. The second-order valence-corrected chi connectivity index (χ2v) is 5.45. The molecule has 0 bridgehead atoms. The van der Waals surface area contributed by atoms with Gasteiger partial charge in [-0.1, -0.05) is 37.3 Å². The standard InChI is InChI=1S/C19H22O4/c1-3-18(23-17-7-5-4-6-8-17)19(21)22-14(2)13-15-9-11-16(20)12-10-15/h4-12,14,18,20H,3,13H2,1-2H3. The molecule has 2 unspecified atom stereocenters. The van der Waals surface area contributed by atoms with E-state index in [1.165, 1.54) is 0 Å². The Balaban J connectivity index is 1.89. The van der Waals surface area contributed by atoms with Gasteiger partial charge in [-0.25, -0.2) is 4.79 Å². The van der Waals surface area contributed by atoms with E-state index in [2.05, 4.69) is 0 Å². The minimum absolute atomic E-state index is 0.223. The number of rotatable bonds is 7. The molecule has 2 atom stereocenters. The average Bonchev–Trinajstić information content (AvgIpc) is 2.55. The number of carbonyl (C=O) groups is 1. The molecule has 1 N–H and O–H groups in total. The molecule has 0 heterocycles. The highest BCUT2D eigenvalue weighted by Gasteiger charge is 2.22. The van der Waals surface area contributed by atoms with E-state index in [1.807, 2.05) is 56.3 Å². The number of phenols is 1. The third kappa shape index (κ3) is 5.33. The fourth-order valence-corrected chi connectivity index (χ4v) is 2.24. The molecule has 0 fully saturated rings. The zero-order valence-electron chi connectivity index (χ0n) is 13.4. The lowest BCUT2D eigenvalue weighted by Gasteiger charge is -2.20. The van der Waals surface area contributed by atoms with Gasteiger partial charge < -0.3 is 14.6 Å². The van der Waals surface area contributed by atoms with E-state index < -0.39 is 6.10 Å². The van der Waals surface area contributed by atoms with Crippen molar-refractivity contribution in [3.8, 4) is 11.5 Å². The Hall–Kier alpha value is -2.49. The molecule has 0 radical (unpaired) electrons. The first-order valence-electron chi connectivity index (χ1n) is 7.78. The zero-order chi connectivity index (χ0) is 16.7. The summed E-state index contributed by atoms with van der Waals surface area (Å²) in [5.74, 6) is 0.519. The smallest absolute Gasteiger partial charge is 0.347 e. The zero-order valence-corrected chi connectivity index (χ0v) is 13.4. The first-order valence-corrected chi connectivity index (χ1v) is 7.78. The number of carbonyl (C=O) groups excluding carboxylic acids is 1. The summed E-state index contributed by atoms with van der Waals surface area (Å²) in [5.41, 5.74) is 1.00. The lowest BCUT2D eigenvalue weighted by molar-refractivity contribution is -0.156. The van der Waals surface area contributed by atoms with Crippen LogP contribution < -0.4 is 4.74 Å². The Kier molecular flexibility index (Phi) is 6.03. The Bertz CT molecular complexity index is 607. The summed E-state index contributed by atoms with van der Waals surface area (Å²) >= 11 is 0. The van der Waals surface area contributed by atoms with E-state index in [-0.39, 0.29) is 17.8 Å². The van der Waals surface area contributed by atoms with Crippen LogP contribution in [-0.4, -0.2) is 23.3 Å². The molecule has 0 saturated heterocycles. The molecule has 0 spiro atoms. The monoisotopic (exact) mass is 314 g/mol. The van der Waals surface area contributed by atoms with Gasteiger partial charge in [0.1, 0.15) is 17.6 Å². The van der Waals surface area contributed by atoms with Crippen molar-refractivity contribution in [1.29, 1.82) is 0 Å². The number of benzene rings is 2. The van der Waals surface area contributed by atoms with Crippen LogP contribution in [0.5, 0.6) is 11.5 Å². The van der Waals surface area contributed by atoms with Crippen LogP contribution in [0.1, 0.15) is 25.8 Å². The van der Waals surface area contributed by atoms with Crippen LogP contribution in [0.4, 0.5) is 0 Å². The third-order valence-corrected chi connectivity index (χ3v) is 3.43. The molecule has 4 heteroatoms. The Morgan fingerprint density at radius 2 is 1.74 bits per heavy atom. The van der Waals surface area contributed by atoms with Crippen molar-refractivity contribution >= 4 is 5.97 Å². The number of ether oxygens (including phenoxy) is 2. The lowest BCUT2D eigenvalue weighted by Crippen LogP contribution is -2.32. The van der Waals surface area contributed by atoms with Gasteiger partial charge in [-0.05, 0) is 43.2 Å². The van der Waals surface area contributed by atoms with Crippen molar-refractivity contribution in [2.75, 3.05) is 0 Å². The van der Waals surface area contributed by atoms with E-state index >= 15 is 0 Å². The first kappa shape index (κ1) is 16.9. The minimum Gasteiger partial charge on any atom is -0.508 e. The normalized spacial score (nSPS) is 13.1. The molecule has 0 aliphatic rings. The van der Waals surface area contributed by atoms with Crippen LogP contribution in [0.2, 0.25) is 0 Å². The van der Waals surface area contributed by atoms with Crippen molar-refractivity contribution in [1.82, 2.24) is 0 Å². The summed E-state index contributed by atoms with van der Waals surface area (Å²) < 4.78 is 11.2. The molecule has 23 heavy (non-hydrogen) atoms. The summed E-state index contributed by atoms with van der Waals surface area (Å²) in [7, 11) is 0. The summed E-state index contributed by atoms with van der Waals surface area (Å²) in [6, 6.07) is 16.1. The summed E-state index contributed by atoms with van der Waals surface area (Å²) in [4.78, 5) is 12.2. The van der Waals surface area contributed by atoms with Crippen molar-refractivity contribution < 1.29 is 19.4 Å². The van der Waals surface area contributed by atoms with Gasteiger partial charge in [0.15, 0.2) is 6.10 Å². The molecule has 0 aliphatic carbocycles. The molecule has 0 aromatic heterocycles. The van der Waals surface area contributed by atoms with Crippen LogP contribution >= 0.6 is 0 Å². The highest BCUT2D eigenvalue weighted by molar-refractivity contribution is 5.75. The topological polar surface area (TPSA) is 55.8 Å². The quantitative estimate of drug-likeness (QED) is 0.791. The number of hydrogen-bond donors (Lipinski definition) is 1. The minimum atomic E-state index is -0.611. The molecule has 2 aromatic carbocycles. The SMILES string of the molecule is CCC(Oc1ccccc1)C(=O)OC(C)Cc1ccc(O)cc1. The largest absolute Gasteiger partial charge is 0.508 e. The molecule has 0 saturated carbocycles. The maximum absolute atomic E-state index is 12.2. The fraction of sp³-hybridized carbons (Fsp3) is 0.316. The Labute approximate surface area is 136 Å². The van der Waals surface area contributed by atoms with Crippen molar-refractivity contribution in [2.45, 2.75) is 38.9 Å². The number of para-hydroxylation sites is 1. The third-order valence-electron chi connectivity index (χ3n) is 3.43. The molecule has 0 amide bonds. The highest BCUT2D eigenvalue weighted by Crippen LogP contribution is 2.16. The van der Waals surface area contributed by atoms with E-state index in [4.69, 9.17) is 9.47 Å². The maximum Gasteiger partial charge on any atom is 0.347 e. The van der Waals surface area contributed by atoms with E-state index in [1.54, 1.807) is 12.1 Å². The van der Waals surface area contributed by atoms with E-state index in [0.29, 0.717) is 18.6 Å². The molecular weight excluding hydrogens is 292 g/mol. The van der Waals surface area contributed by atoms with Crippen LogP contribution in [0.25, 0.3) is 0 Å². The van der Waals surface area contributed by atoms with Gasteiger partial charge in [0.25, 0.3) is 0 Å². The summed E-state index contributed by atoms with van der Waals surface area (Å²) in [6.45, 7) is 3.74. The van der Waals surface area contributed by atoms with Gasteiger partial charge in [0.05, 0.1) is 0 Å².